The zero-order valence-corrected chi connectivity index (χ0v) is 12.7. The molecule has 2 atom stereocenters. The lowest BCUT2D eigenvalue weighted by atomic mass is 9.83. The lowest BCUT2D eigenvalue weighted by molar-refractivity contribution is -0.0909. The van der Waals surface area contributed by atoms with Crippen LogP contribution in [0.15, 0.2) is 60.7 Å². The number of hydrogen-bond acceptors (Lipinski definition) is 2. The van der Waals surface area contributed by atoms with Crippen molar-refractivity contribution in [2.24, 2.45) is 0 Å². The first-order valence-corrected chi connectivity index (χ1v) is 7.39. The Morgan fingerprint density at radius 3 is 2.38 bits per heavy atom. The van der Waals surface area contributed by atoms with Crippen LogP contribution in [0.25, 0.3) is 0 Å². The van der Waals surface area contributed by atoms with E-state index in [1.165, 1.54) is 0 Å². The zero-order chi connectivity index (χ0) is 14.9. The summed E-state index contributed by atoms with van der Waals surface area (Å²) < 4.78 is 5.79. The van der Waals surface area contributed by atoms with E-state index in [1.54, 1.807) is 30.4 Å². The van der Waals surface area contributed by atoms with Crippen molar-refractivity contribution in [2.75, 3.05) is 6.61 Å². The lowest BCUT2D eigenvalue weighted by Crippen LogP contribution is -2.36. The molecule has 0 amide bonds. The summed E-state index contributed by atoms with van der Waals surface area (Å²) in [6.45, 7) is 0.419. The smallest absolute Gasteiger partial charge is 0.140 e. The van der Waals surface area contributed by atoms with Crippen LogP contribution in [0.4, 0.5) is 0 Å². The monoisotopic (exact) mass is 320 g/mol. The van der Waals surface area contributed by atoms with Crippen LogP contribution in [0.5, 0.6) is 0 Å². The van der Waals surface area contributed by atoms with E-state index in [9.17, 15) is 5.11 Å². The molecule has 0 aromatic heterocycles. The molecule has 0 spiro atoms. The molecule has 0 aliphatic carbocycles. The van der Waals surface area contributed by atoms with Gasteiger partial charge in [-0.3, -0.25) is 0 Å². The molecule has 2 aromatic carbocycles. The summed E-state index contributed by atoms with van der Waals surface area (Å²) in [5.41, 5.74) is 0.000160. The molecule has 2 nitrogen and oxygen atoms in total. The number of ether oxygens (including phenoxy) is 1. The Hall–Kier alpha value is -1.32. The maximum Gasteiger partial charge on any atom is 0.140 e. The molecule has 3 rings (SSSR count). The highest BCUT2D eigenvalue weighted by Crippen LogP contribution is 2.45. The van der Waals surface area contributed by atoms with Crippen LogP contribution >= 0.6 is 23.2 Å². The molecule has 21 heavy (non-hydrogen) atoms. The van der Waals surface area contributed by atoms with Gasteiger partial charge in [0.1, 0.15) is 11.7 Å². The van der Waals surface area contributed by atoms with Gasteiger partial charge in [-0.05, 0) is 18.2 Å². The van der Waals surface area contributed by atoms with Gasteiger partial charge >= 0.3 is 0 Å². The van der Waals surface area contributed by atoms with E-state index in [-0.39, 0.29) is 0 Å². The third-order valence-electron chi connectivity index (χ3n) is 3.62. The van der Waals surface area contributed by atoms with Crippen LogP contribution in [0, 0.1) is 0 Å². The normalized spacial score (nSPS) is 25.0. The quantitative estimate of drug-likeness (QED) is 0.825. The highest BCUT2D eigenvalue weighted by Gasteiger charge is 2.42. The maximum atomic E-state index is 11.2. The molecule has 0 radical (unpaired) electrons. The first kappa shape index (κ1) is 14.6. The van der Waals surface area contributed by atoms with E-state index >= 15 is 0 Å². The minimum atomic E-state index is -1.35. The van der Waals surface area contributed by atoms with Crippen molar-refractivity contribution < 1.29 is 9.84 Å². The molecule has 0 bridgehead atoms. The fraction of sp³-hybridized carbons (Fsp3) is 0.176. The molecule has 4 heteroatoms. The molecule has 1 heterocycles. The second-order valence-electron chi connectivity index (χ2n) is 4.94. The van der Waals surface area contributed by atoms with Crippen LogP contribution in [0.2, 0.25) is 10.0 Å². The minimum absolute atomic E-state index is 0.419. The van der Waals surface area contributed by atoms with Crippen molar-refractivity contribution in [3.8, 4) is 0 Å². The number of aliphatic hydroxyl groups is 1. The SMILES string of the molecule is O[C@]1(c2ccccc2Cl)C=CCO[C@@H]1c1ccccc1Cl. The Kier molecular flexibility index (Phi) is 4.05. The Morgan fingerprint density at radius 1 is 1.00 bits per heavy atom. The van der Waals surface area contributed by atoms with E-state index in [4.69, 9.17) is 27.9 Å². The Labute approximate surface area is 133 Å². The molecular formula is C17H14Cl2O2. The van der Waals surface area contributed by atoms with Crippen LogP contribution in [0.1, 0.15) is 17.2 Å². The van der Waals surface area contributed by atoms with Crippen LogP contribution in [-0.2, 0) is 10.3 Å². The minimum Gasteiger partial charge on any atom is -0.378 e. The summed E-state index contributed by atoms with van der Waals surface area (Å²) in [4.78, 5) is 0. The molecule has 0 unspecified atom stereocenters. The summed E-state index contributed by atoms with van der Waals surface area (Å²) in [6.07, 6.45) is 2.92. The third-order valence-corrected chi connectivity index (χ3v) is 4.30. The summed E-state index contributed by atoms with van der Waals surface area (Å²) in [6, 6.07) is 14.6. The van der Waals surface area contributed by atoms with Crippen LogP contribution < -0.4 is 0 Å². The molecule has 0 fully saturated rings. The van der Waals surface area contributed by atoms with Gasteiger partial charge in [-0.25, -0.2) is 0 Å². The van der Waals surface area contributed by atoms with Crippen LogP contribution in [-0.4, -0.2) is 11.7 Å². The Balaban J connectivity index is 2.14. The maximum absolute atomic E-state index is 11.2. The summed E-state index contributed by atoms with van der Waals surface area (Å²) >= 11 is 12.5. The van der Waals surface area contributed by atoms with Crippen molar-refractivity contribution in [1.29, 1.82) is 0 Å². The first-order chi connectivity index (χ1) is 10.1. The predicted molar refractivity (Wildman–Crippen MR) is 84.6 cm³/mol. The second-order valence-corrected chi connectivity index (χ2v) is 5.76. The molecule has 1 N–H and O–H groups in total. The average molecular weight is 321 g/mol. The zero-order valence-electron chi connectivity index (χ0n) is 11.2. The van der Waals surface area contributed by atoms with Gasteiger partial charge in [-0.1, -0.05) is 65.7 Å². The van der Waals surface area contributed by atoms with E-state index < -0.39 is 11.7 Å². The van der Waals surface area contributed by atoms with Gasteiger partial charge in [0.2, 0.25) is 0 Å². The van der Waals surface area contributed by atoms with Crippen molar-refractivity contribution in [2.45, 2.75) is 11.7 Å². The predicted octanol–water partition coefficient (Wildman–Crippen LogP) is 4.51. The number of benzene rings is 2. The van der Waals surface area contributed by atoms with Crippen molar-refractivity contribution in [3.63, 3.8) is 0 Å². The summed E-state index contributed by atoms with van der Waals surface area (Å²) in [5, 5.41) is 12.3. The van der Waals surface area contributed by atoms with Gasteiger partial charge in [0.15, 0.2) is 0 Å². The molecule has 2 aromatic rings. The van der Waals surface area contributed by atoms with Crippen molar-refractivity contribution >= 4 is 23.2 Å². The van der Waals surface area contributed by atoms with Gasteiger partial charge in [0.25, 0.3) is 0 Å². The second kappa shape index (κ2) is 5.82. The topological polar surface area (TPSA) is 29.5 Å². The lowest BCUT2D eigenvalue weighted by Gasteiger charge is -2.37. The molecule has 0 saturated heterocycles. The van der Waals surface area contributed by atoms with E-state index in [1.807, 2.05) is 30.3 Å². The molecule has 0 saturated carbocycles. The number of rotatable bonds is 2. The van der Waals surface area contributed by atoms with Gasteiger partial charge in [-0.15, -0.1) is 0 Å². The van der Waals surface area contributed by atoms with Gasteiger partial charge in [0, 0.05) is 21.2 Å². The molecular weight excluding hydrogens is 307 g/mol. The van der Waals surface area contributed by atoms with E-state index in [0.717, 1.165) is 5.56 Å². The number of halogens is 2. The summed E-state index contributed by atoms with van der Waals surface area (Å²) in [7, 11) is 0. The van der Waals surface area contributed by atoms with Gasteiger partial charge in [0.05, 0.1) is 6.61 Å². The number of hydrogen-bond donors (Lipinski definition) is 1. The Bertz CT molecular complexity index is 684. The highest BCUT2D eigenvalue weighted by molar-refractivity contribution is 6.32. The largest absolute Gasteiger partial charge is 0.378 e. The van der Waals surface area contributed by atoms with Crippen molar-refractivity contribution in [3.05, 3.63) is 81.9 Å². The van der Waals surface area contributed by atoms with E-state index in [2.05, 4.69) is 0 Å². The van der Waals surface area contributed by atoms with Crippen LogP contribution in [0.3, 0.4) is 0 Å². The summed E-state index contributed by atoms with van der Waals surface area (Å²) in [5.74, 6) is 0. The molecule has 1 aliphatic heterocycles. The Morgan fingerprint density at radius 2 is 1.67 bits per heavy atom. The molecule has 1 aliphatic rings. The van der Waals surface area contributed by atoms with E-state index in [0.29, 0.717) is 22.2 Å². The van der Waals surface area contributed by atoms with Crippen molar-refractivity contribution in [1.82, 2.24) is 0 Å². The first-order valence-electron chi connectivity index (χ1n) is 6.64. The highest BCUT2D eigenvalue weighted by atomic mass is 35.5. The fourth-order valence-electron chi connectivity index (χ4n) is 2.63. The third kappa shape index (κ3) is 2.60. The fourth-order valence-corrected chi connectivity index (χ4v) is 3.15. The van der Waals surface area contributed by atoms with Gasteiger partial charge < -0.3 is 9.84 Å². The molecule has 108 valence electrons. The van der Waals surface area contributed by atoms with Gasteiger partial charge in [-0.2, -0.15) is 0 Å². The average Bonchev–Trinajstić information content (AvgIpc) is 2.49. The standard InChI is InChI=1S/C17H14Cl2O2/c18-14-8-3-1-6-12(14)16-17(20,10-5-11-21-16)13-7-2-4-9-15(13)19/h1-10,16,20H,11H2/t16-,17+/m1/s1.